The Labute approximate surface area is 80.4 Å². The quantitative estimate of drug-likeness (QED) is 0.514. The molecule has 2 N–H and O–H groups in total. The van der Waals surface area contributed by atoms with Crippen LogP contribution in [0.4, 0.5) is 0 Å². The van der Waals surface area contributed by atoms with Gasteiger partial charge in [0.25, 0.3) is 0 Å². The second kappa shape index (κ2) is 5.37. The highest BCUT2D eigenvalue weighted by Gasteiger charge is 2.16. The predicted octanol–water partition coefficient (Wildman–Crippen LogP) is 1.40. The first-order valence-corrected chi connectivity index (χ1v) is 4.97. The fourth-order valence-corrected chi connectivity index (χ4v) is 1.56. The van der Waals surface area contributed by atoms with Crippen LogP contribution in [0.5, 0.6) is 0 Å². The number of nitrogens with zero attached hydrogens (tertiary/aromatic N) is 1. The lowest BCUT2D eigenvalue weighted by Crippen LogP contribution is -2.41. The van der Waals surface area contributed by atoms with E-state index in [-0.39, 0.29) is 0 Å². The summed E-state index contributed by atoms with van der Waals surface area (Å²) in [4.78, 5) is 2.42. The van der Waals surface area contributed by atoms with Crippen LogP contribution in [0, 0.1) is 0 Å². The molecule has 1 aliphatic heterocycles. The van der Waals surface area contributed by atoms with Gasteiger partial charge in [-0.3, -0.25) is 4.90 Å². The zero-order valence-electron chi connectivity index (χ0n) is 8.58. The Kier molecular flexibility index (Phi) is 4.42. The number of nitrogens with one attached hydrogen (secondary N) is 1. The molecule has 0 amide bonds. The van der Waals surface area contributed by atoms with E-state index in [1.54, 1.807) is 0 Å². The Morgan fingerprint density at radius 2 is 2.08 bits per heavy atom. The van der Waals surface area contributed by atoms with E-state index in [0.29, 0.717) is 6.04 Å². The summed E-state index contributed by atoms with van der Waals surface area (Å²) in [7, 11) is 0. The lowest BCUT2D eigenvalue weighted by molar-refractivity contribution is 0.0859. The Hall–Kier alpha value is -0.380. The van der Waals surface area contributed by atoms with Crippen molar-refractivity contribution in [3.63, 3.8) is 0 Å². The van der Waals surface area contributed by atoms with E-state index in [1.807, 2.05) is 0 Å². The minimum atomic E-state index is 0.308. The second-order valence-corrected chi connectivity index (χ2v) is 3.99. The average Bonchev–Trinajstić information content (AvgIpc) is 2.15. The molecule has 0 saturated carbocycles. The Bertz CT molecular complexity index is 168. The topological polar surface area (TPSA) is 35.5 Å². The molecule has 1 saturated heterocycles. The zero-order valence-corrected chi connectivity index (χ0v) is 8.58. The lowest BCUT2D eigenvalue weighted by atomic mass is 10.1. The summed E-state index contributed by atoms with van der Waals surface area (Å²) >= 11 is 0. The Morgan fingerprint density at radius 3 is 2.54 bits per heavy atom. The SMILES string of the molecule is CC(C)=CCN1CCC(NO)CC1. The van der Waals surface area contributed by atoms with Gasteiger partial charge in [-0.25, -0.2) is 5.48 Å². The molecular weight excluding hydrogens is 164 g/mol. The Morgan fingerprint density at radius 1 is 1.46 bits per heavy atom. The number of allylic oxidation sites excluding steroid dienone is 1. The van der Waals surface area contributed by atoms with Crippen LogP contribution in [0.3, 0.4) is 0 Å². The summed E-state index contributed by atoms with van der Waals surface area (Å²) in [5.74, 6) is 0. The van der Waals surface area contributed by atoms with Crippen molar-refractivity contribution in [2.75, 3.05) is 19.6 Å². The first-order valence-electron chi connectivity index (χ1n) is 4.97. The molecule has 0 radical (unpaired) electrons. The van der Waals surface area contributed by atoms with Crippen LogP contribution in [0.15, 0.2) is 11.6 Å². The highest BCUT2D eigenvalue weighted by atomic mass is 16.5. The molecule has 0 unspecified atom stereocenters. The van der Waals surface area contributed by atoms with Crippen LogP contribution >= 0.6 is 0 Å². The monoisotopic (exact) mass is 184 g/mol. The van der Waals surface area contributed by atoms with E-state index >= 15 is 0 Å². The van der Waals surface area contributed by atoms with Crippen LogP contribution in [0.25, 0.3) is 0 Å². The molecule has 13 heavy (non-hydrogen) atoms. The number of hydrogen-bond donors (Lipinski definition) is 2. The molecule has 0 aromatic rings. The van der Waals surface area contributed by atoms with Gasteiger partial charge in [0.05, 0.1) is 0 Å². The largest absolute Gasteiger partial charge is 0.317 e. The molecule has 3 nitrogen and oxygen atoms in total. The summed E-state index contributed by atoms with van der Waals surface area (Å²) in [6.07, 6.45) is 4.35. The lowest BCUT2D eigenvalue weighted by Gasteiger charge is -2.30. The van der Waals surface area contributed by atoms with Gasteiger partial charge in [-0.15, -0.1) is 0 Å². The van der Waals surface area contributed by atoms with Crippen molar-refractivity contribution in [3.8, 4) is 0 Å². The molecule has 76 valence electrons. The minimum Gasteiger partial charge on any atom is -0.317 e. The molecule has 1 aliphatic rings. The van der Waals surface area contributed by atoms with Crippen LogP contribution in [-0.2, 0) is 0 Å². The molecule has 3 heteroatoms. The summed E-state index contributed by atoms with van der Waals surface area (Å²) in [6.45, 7) is 7.48. The summed E-state index contributed by atoms with van der Waals surface area (Å²) in [6, 6.07) is 0.308. The molecule has 1 rings (SSSR count). The van der Waals surface area contributed by atoms with Gasteiger partial charge >= 0.3 is 0 Å². The third kappa shape index (κ3) is 3.89. The van der Waals surface area contributed by atoms with E-state index < -0.39 is 0 Å². The van der Waals surface area contributed by atoms with E-state index in [4.69, 9.17) is 5.21 Å². The van der Waals surface area contributed by atoms with Crippen molar-refractivity contribution in [1.29, 1.82) is 0 Å². The first kappa shape index (κ1) is 10.7. The second-order valence-electron chi connectivity index (χ2n) is 3.99. The van der Waals surface area contributed by atoms with E-state index in [9.17, 15) is 0 Å². The maximum absolute atomic E-state index is 8.71. The molecule has 0 atom stereocenters. The number of hydrogen-bond acceptors (Lipinski definition) is 3. The smallest absolute Gasteiger partial charge is 0.0344 e. The molecule has 0 aromatic carbocycles. The molecule has 0 aliphatic carbocycles. The minimum absolute atomic E-state index is 0.308. The highest BCUT2D eigenvalue weighted by molar-refractivity contribution is 4.95. The van der Waals surface area contributed by atoms with Gasteiger partial charge in [-0.2, -0.15) is 0 Å². The third-order valence-corrected chi connectivity index (χ3v) is 2.53. The van der Waals surface area contributed by atoms with Crippen LogP contribution in [-0.4, -0.2) is 35.8 Å². The van der Waals surface area contributed by atoms with Crippen molar-refractivity contribution in [2.24, 2.45) is 0 Å². The van der Waals surface area contributed by atoms with Gasteiger partial charge < -0.3 is 5.21 Å². The number of hydroxylamine groups is 1. The average molecular weight is 184 g/mol. The normalized spacial score (nSPS) is 20.2. The molecule has 0 spiro atoms. The molecule has 1 heterocycles. The summed E-state index contributed by atoms with van der Waals surface area (Å²) in [5, 5.41) is 8.71. The molecule has 1 fully saturated rings. The van der Waals surface area contributed by atoms with Crippen molar-refractivity contribution < 1.29 is 5.21 Å². The van der Waals surface area contributed by atoms with E-state index in [0.717, 1.165) is 32.5 Å². The van der Waals surface area contributed by atoms with Gasteiger partial charge in [0.15, 0.2) is 0 Å². The summed E-state index contributed by atoms with van der Waals surface area (Å²) < 4.78 is 0. The zero-order chi connectivity index (χ0) is 9.68. The van der Waals surface area contributed by atoms with Crippen molar-refractivity contribution in [2.45, 2.75) is 32.7 Å². The summed E-state index contributed by atoms with van der Waals surface area (Å²) in [5.41, 5.74) is 3.72. The first-order chi connectivity index (χ1) is 6.22. The van der Waals surface area contributed by atoms with Crippen LogP contribution in [0.1, 0.15) is 26.7 Å². The van der Waals surface area contributed by atoms with Crippen LogP contribution in [0.2, 0.25) is 0 Å². The number of piperidine rings is 1. The molecular formula is C10H20N2O. The Balaban J connectivity index is 2.21. The maximum atomic E-state index is 8.71. The fourth-order valence-electron chi connectivity index (χ4n) is 1.56. The van der Waals surface area contributed by atoms with E-state index in [1.165, 1.54) is 5.57 Å². The van der Waals surface area contributed by atoms with Crippen molar-refractivity contribution in [1.82, 2.24) is 10.4 Å². The highest BCUT2D eigenvalue weighted by Crippen LogP contribution is 2.09. The van der Waals surface area contributed by atoms with Gasteiger partial charge in [0.2, 0.25) is 0 Å². The van der Waals surface area contributed by atoms with Crippen LogP contribution < -0.4 is 5.48 Å². The van der Waals surface area contributed by atoms with Gasteiger partial charge in [-0.05, 0) is 26.7 Å². The predicted molar refractivity (Wildman–Crippen MR) is 53.8 cm³/mol. The van der Waals surface area contributed by atoms with Gasteiger partial charge in [0, 0.05) is 25.7 Å². The number of rotatable bonds is 3. The van der Waals surface area contributed by atoms with Gasteiger partial charge in [-0.1, -0.05) is 11.6 Å². The number of likely N-dealkylation sites (tertiary alicyclic amines) is 1. The molecule has 0 bridgehead atoms. The fraction of sp³-hybridized carbons (Fsp3) is 0.800. The standard InChI is InChI=1S/C10H20N2O/c1-9(2)3-6-12-7-4-10(11-13)5-8-12/h3,10-11,13H,4-8H2,1-2H3. The van der Waals surface area contributed by atoms with E-state index in [2.05, 4.69) is 30.3 Å². The maximum Gasteiger partial charge on any atom is 0.0344 e. The van der Waals surface area contributed by atoms with Crippen molar-refractivity contribution >= 4 is 0 Å². The molecule has 0 aromatic heterocycles. The van der Waals surface area contributed by atoms with Gasteiger partial charge in [0.1, 0.15) is 0 Å². The van der Waals surface area contributed by atoms with Crippen molar-refractivity contribution in [3.05, 3.63) is 11.6 Å². The third-order valence-electron chi connectivity index (χ3n) is 2.53.